The summed E-state index contributed by atoms with van der Waals surface area (Å²) in [6.07, 6.45) is 2.26. The van der Waals surface area contributed by atoms with Gasteiger partial charge in [0.2, 0.25) is 5.78 Å². The quantitative estimate of drug-likeness (QED) is 0.227. The van der Waals surface area contributed by atoms with Gasteiger partial charge in [0.15, 0.2) is 0 Å². The number of aromatic amines is 1. The Hall–Kier alpha value is -3.67. The van der Waals surface area contributed by atoms with Gasteiger partial charge < -0.3 is 10.7 Å². The number of hydrogen-bond acceptors (Lipinski definition) is 5. The molecule has 0 spiro atoms. The summed E-state index contributed by atoms with van der Waals surface area (Å²) in [5, 5.41) is 0.807. The molecule has 0 saturated carbocycles. The van der Waals surface area contributed by atoms with Crippen LogP contribution in [0.25, 0.3) is 22.2 Å². The topological polar surface area (TPSA) is 143 Å². The van der Waals surface area contributed by atoms with Crippen LogP contribution in [0.3, 0.4) is 0 Å². The first-order chi connectivity index (χ1) is 17.0. The summed E-state index contributed by atoms with van der Waals surface area (Å²) in [6, 6.07) is 9.29. The predicted octanol–water partition coefficient (Wildman–Crippen LogP) is 4.31. The van der Waals surface area contributed by atoms with Crippen LogP contribution in [-0.2, 0) is 16.5 Å². The molecule has 4 N–H and O–H groups in total. The minimum Gasteiger partial charge on any atom is -0.366 e. The van der Waals surface area contributed by atoms with Crippen molar-refractivity contribution in [3.63, 3.8) is 0 Å². The minimum atomic E-state index is -4.33. The highest BCUT2D eigenvalue weighted by atomic mass is 35.5. The molecule has 2 heterocycles. The summed E-state index contributed by atoms with van der Waals surface area (Å²) < 4.78 is 61.4. The highest BCUT2D eigenvalue weighted by Crippen LogP contribution is 2.30. The van der Waals surface area contributed by atoms with Crippen LogP contribution in [0.4, 0.5) is 8.78 Å². The zero-order valence-corrected chi connectivity index (χ0v) is 20.0. The molecule has 0 fully saturated rings. The van der Waals surface area contributed by atoms with Crippen molar-refractivity contribution >= 4 is 44.4 Å². The number of hydrogen-bond donors (Lipinski definition) is 3. The highest BCUT2D eigenvalue weighted by molar-refractivity contribution is 7.85. The fourth-order valence-corrected chi connectivity index (χ4v) is 4.46. The molecule has 36 heavy (non-hydrogen) atoms. The molecule has 1 amide bonds. The van der Waals surface area contributed by atoms with Gasteiger partial charge in [-0.1, -0.05) is 23.7 Å². The number of aryl methyl sites for hydroxylation is 1. The van der Waals surface area contributed by atoms with Gasteiger partial charge in [0.25, 0.3) is 16.0 Å². The van der Waals surface area contributed by atoms with Crippen LogP contribution in [-0.4, -0.2) is 40.4 Å². The number of benzene rings is 2. The van der Waals surface area contributed by atoms with Gasteiger partial charge in [-0.25, -0.2) is 13.8 Å². The smallest absolute Gasteiger partial charge is 0.264 e. The van der Waals surface area contributed by atoms with Crippen molar-refractivity contribution < 1.29 is 31.3 Å². The minimum absolute atomic E-state index is 0.100. The lowest BCUT2D eigenvalue weighted by atomic mass is 9.94. The van der Waals surface area contributed by atoms with E-state index in [9.17, 15) is 18.0 Å². The van der Waals surface area contributed by atoms with Crippen molar-refractivity contribution in [3.05, 3.63) is 87.7 Å². The molecule has 2 aromatic carbocycles. The zero-order chi connectivity index (χ0) is 26.2. The summed E-state index contributed by atoms with van der Waals surface area (Å²) in [5.41, 5.74) is 4.75. The Bertz CT molecular complexity index is 1620. The summed E-state index contributed by atoms with van der Waals surface area (Å²) in [6.45, 7) is 0. The molecule has 0 aliphatic carbocycles. The largest absolute Gasteiger partial charge is 0.366 e. The zero-order valence-electron chi connectivity index (χ0n) is 18.4. The number of H-pyrrole nitrogens is 1. The van der Waals surface area contributed by atoms with E-state index in [1.165, 1.54) is 6.20 Å². The first-order valence-corrected chi connectivity index (χ1v) is 12.5. The van der Waals surface area contributed by atoms with E-state index in [0.717, 1.165) is 11.6 Å². The summed E-state index contributed by atoms with van der Waals surface area (Å²) in [4.78, 5) is 32.2. The molecule has 0 saturated heterocycles. The molecule has 4 aromatic rings. The predicted molar refractivity (Wildman–Crippen MR) is 130 cm³/mol. The van der Waals surface area contributed by atoms with Crippen molar-refractivity contribution in [2.24, 2.45) is 5.73 Å². The van der Waals surface area contributed by atoms with Gasteiger partial charge in [-0.2, -0.15) is 8.42 Å². The second-order valence-corrected chi connectivity index (χ2v) is 10.0. The molecule has 0 atom stereocenters. The maximum Gasteiger partial charge on any atom is 0.264 e. The van der Waals surface area contributed by atoms with Crippen LogP contribution in [0, 0.1) is 11.6 Å². The van der Waals surface area contributed by atoms with Gasteiger partial charge in [0, 0.05) is 33.9 Å². The lowest BCUT2D eigenvalue weighted by Gasteiger charge is -2.12. The number of amides is 1. The molecule has 0 unspecified atom stereocenters. The van der Waals surface area contributed by atoms with E-state index in [0.29, 0.717) is 10.6 Å². The van der Waals surface area contributed by atoms with Gasteiger partial charge >= 0.3 is 0 Å². The average Bonchev–Trinajstić information content (AvgIpc) is 3.23. The van der Waals surface area contributed by atoms with Crippen molar-refractivity contribution in [2.45, 2.75) is 12.8 Å². The molecule has 8 nitrogen and oxygen atoms in total. The molecular weight excluding hydrogens is 516 g/mol. The number of primary amides is 1. The van der Waals surface area contributed by atoms with E-state index in [4.69, 9.17) is 21.9 Å². The van der Waals surface area contributed by atoms with Crippen LogP contribution in [0.1, 0.15) is 38.3 Å². The van der Waals surface area contributed by atoms with Crippen molar-refractivity contribution in [3.8, 4) is 11.1 Å². The number of fused-ring (bicyclic) bond motifs is 1. The van der Waals surface area contributed by atoms with E-state index in [-0.39, 0.29) is 35.0 Å². The number of ketones is 1. The van der Waals surface area contributed by atoms with Crippen LogP contribution in [0.5, 0.6) is 0 Å². The molecule has 0 radical (unpaired) electrons. The van der Waals surface area contributed by atoms with E-state index >= 15 is 8.78 Å². The number of rotatable bonds is 8. The maximum atomic E-state index is 15.4. The van der Waals surface area contributed by atoms with E-state index < -0.39 is 50.3 Å². The van der Waals surface area contributed by atoms with Gasteiger partial charge in [-0.05, 0) is 48.2 Å². The molecule has 0 bridgehead atoms. The third kappa shape index (κ3) is 5.13. The van der Waals surface area contributed by atoms with Crippen molar-refractivity contribution in [2.75, 3.05) is 5.75 Å². The number of carbonyl (C=O) groups excluding carboxylic acids is 2. The first-order valence-electron chi connectivity index (χ1n) is 10.5. The number of pyridine rings is 1. The Morgan fingerprint density at radius 2 is 1.75 bits per heavy atom. The number of nitrogens with one attached hydrogen (secondary N) is 1. The Morgan fingerprint density at radius 3 is 2.39 bits per heavy atom. The van der Waals surface area contributed by atoms with E-state index in [1.54, 1.807) is 36.5 Å². The fraction of sp³-hybridized carbons (Fsp3) is 0.125. The normalized spacial score (nSPS) is 11.7. The summed E-state index contributed by atoms with van der Waals surface area (Å²) in [5.74, 6) is -5.68. The third-order valence-electron chi connectivity index (χ3n) is 5.57. The number of nitrogens with zero attached hydrogens (tertiary/aromatic N) is 1. The lowest BCUT2D eigenvalue weighted by Crippen LogP contribution is -2.19. The second-order valence-electron chi connectivity index (χ2n) is 8.00. The molecule has 186 valence electrons. The molecule has 0 aliphatic heterocycles. The fourth-order valence-electron chi connectivity index (χ4n) is 3.82. The van der Waals surface area contributed by atoms with Crippen LogP contribution in [0.15, 0.2) is 48.8 Å². The Morgan fingerprint density at radius 1 is 1.06 bits per heavy atom. The van der Waals surface area contributed by atoms with Crippen molar-refractivity contribution in [1.82, 2.24) is 9.97 Å². The van der Waals surface area contributed by atoms with Gasteiger partial charge in [-0.15, -0.1) is 0 Å². The number of aromatic nitrogens is 2. The van der Waals surface area contributed by atoms with Crippen LogP contribution < -0.4 is 5.73 Å². The number of carbonyl (C=O) groups is 2. The van der Waals surface area contributed by atoms with Crippen LogP contribution >= 0.6 is 11.6 Å². The molecule has 2 aromatic heterocycles. The molecule has 0 aliphatic rings. The molecule has 12 heteroatoms. The standard InChI is InChI=1S/C24H18ClF2N3O5S/c25-15-5-3-12(4-6-15)14-9-16-18(11-30-24(16)29-10-14)22(31)19-20(26)13(2-1-7-36(33,34)35)8-17(21(19)27)23(28)32/h3-6,8-11H,1-2,7H2,(H2,28,32)(H,29,30)(H,33,34,35). The second kappa shape index (κ2) is 9.76. The number of halogens is 3. The van der Waals surface area contributed by atoms with Crippen molar-refractivity contribution in [1.29, 1.82) is 0 Å². The van der Waals surface area contributed by atoms with E-state index in [2.05, 4.69) is 9.97 Å². The Labute approximate surface area is 208 Å². The van der Waals surface area contributed by atoms with Gasteiger partial charge in [0.05, 0.1) is 16.9 Å². The molecule has 4 rings (SSSR count). The van der Waals surface area contributed by atoms with E-state index in [1.807, 2.05) is 0 Å². The average molecular weight is 534 g/mol. The summed E-state index contributed by atoms with van der Waals surface area (Å²) >= 11 is 5.93. The maximum absolute atomic E-state index is 15.4. The monoisotopic (exact) mass is 533 g/mol. The lowest BCUT2D eigenvalue weighted by molar-refractivity contribution is 0.0996. The molecular formula is C24H18ClF2N3O5S. The summed E-state index contributed by atoms with van der Waals surface area (Å²) in [7, 11) is -4.33. The Kier molecular flexibility index (Phi) is 6.90. The highest BCUT2D eigenvalue weighted by Gasteiger charge is 2.28. The SMILES string of the molecule is NC(=O)c1cc(CCCS(=O)(=O)O)c(F)c(C(=O)c2c[nH]c3ncc(-c4ccc(Cl)cc4)cc23)c1F. The number of nitrogens with two attached hydrogens (primary N) is 1. The van der Waals surface area contributed by atoms with Crippen LogP contribution in [0.2, 0.25) is 5.02 Å². The van der Waals surface area contributed by atoms with Gasteiger partial charge in [-0.3, -0.25) is 14.1 Å². The first kappa shape index (κ1) is 25.4. The Balaban J connectivity index is 1.81. The van der Waals surface area contributed by atoms with Gasteiger partial charge in [0.1, 0.15) is 17.3 Å². The third-order valence-corrected chi connectivity index (χ3v) is 6.63.